The van der Waals surface area contributed by atoms with Crippen molar-refractivity contribution in [2.45, 2.75) is 38.9 Å². The van der Waals surface area contributed by atoms with E-state index in [1.165, 1.54) is 11.1 Å². The van der Waals surface area contributed by atoms with Crippen LogP contribution in [0.15, 0.2) is 30.0 Å². The van der Waals surface area contributed by atoms with E-state index in [2.05, 4.69) is 70.6 Å². The molecule has 0 unspecified atom stereocenters. The zero-order chi connectivity index (χ0) is 12.7. The maximum atomic E-state index is 6.29. The Morgan fingerprint density at radius 3 is 2.12 bits per heavy atom. The average molecular weight is 245 g/mol. The predicted octanol–water partition coefficient (Wildman–Crippen LogP) is 4.62. The van der Waals surface area contributed by atoms with Gasteiger partial charge < -0.3 is 4.43 Å². The van der Waals surface area contributed by atoms with E-state index < -0.39 is 8.32 Å². The fourth-order valence-corrected chi connectivity index (χ4v) is 2.64. The van der Waals surface area contributed by atoms with Crippen molar-refractivity contribution in [3.05, 3.63) is 47.6 Å². The van der Waals surface area contributed by atoms with Crippen LogP contribution >= 0.6 is 0 Å². The Balaban J connectivity index is 2.15. The molecule has 91 valence electrons. The lowest BCUT2D eigenvalue weighted by Crippen LogP contribution is -2.40. The van der Waals surface area contributed by atoms with Gasteiger partial charge in [0.05, 0.1) is 12.2 Å². The molecule has 0 saturated carbocycles. The Kier molecular flexibility index (Phi) is 2.94. The van der Waals surface area contributed by atoms with Crippen molar-refractivity contribution in [2.75, 3.05) is 0 Å². The molecule has 0 amide bonds. The van der Waals surface area contributed by atoms with Crippen LogP contribution in [0, 0.1) is 6.42 Å². The van der Waals surface area contributed by atoms with Gasteiger partial charge in [-0.25, -0.2) is 0 Å². The van der Waals surface area contributed by atoms with Gasteiger partial charge in [-0.2, -0.15) is 0 Å². The summed E-state index contributed by atoms with van der Waals surface area (Å²) in [7, 11) is -1.71. The molecule has 1 nitrogen and oxygen atoms in total. The zero-order valence-electron chi connectivity index (χ0n) is 11.4. The normalized spacial score (nSPS) is 15.5. The van der Waals surface area contributed by atoms with E-state index in [1.54, 1.807) is 0 Å². The molecular formula is C15H21OSi. The van der Waals surface area contributed by atoms with Crippen LogP contribution < -0.4 is 0 Å². The molecule has 0 heterocycles. The van der Waals surface area contributed by atoms with E-state index in [4.69, 9.17) is 4.43 Å². The lowest BCUT2D eigenvalue weighted by molar-refractivity contribution is 0.399. The number of benzene rings is 1. The Labute approximate surface area is 106 Å². The summed E-state index contributed by atoms with van der Waals surface area (Å²) in [6.07, 6.45) is 4.30. The summed E-state index contributed by atoms with van der Waals surface area (Å²) in [6, 6.07) is 8.40. The third-order valence-electron chi connectivity index (χ3n) is 3.77. The van der Waals surface area contributed by atoms with Gasteiger partial charge in [0.2, 0.25) is 8.32 Å². The monoisotopic (exact) mass is 245 g/mol. The Hall–Kier alpha value is -1.02. The van der Waals surface area contributed by atoms with Gasteiger partial charge in [0.1, 0.15) is 0 Å². The smallest absolute Gasteiger partial charge is 0.250 e. The highest BCUT2D eigenvalue weighted by Gasteiger charge is 2.39. The largest absolute Gasteiger partial charge is 0.546 e. The van der Waals surface area contributed by atoms with E-state index in [-0.39, 0.29) is 5.04 Å². The maximum absolute atomic E-state index is 6.29. The molecule has 0 spiro atoms. The quantitative estimate of drug-likeness (QED) is 0.691. The van der Waals surface area contributed by atoms with Crippen LogP contribution in [0.4, 0.5) is 0 Å². The van der Waals surface area contributed by atoms with Gasteiger partial charge in [-0.1, -0.05) is 45.0 Å². The first-order chi connectivity index (χ1) is 7.79. The SMILES string of the molecule is CC(C)(C)[Si](C)(C)OC1=Cc2ccccc2[CH]1. The Bertz CT molecular complexity index is 452. The molecule has 17 heavy (non-hydrogen) atoms. The first kappa shape index (κ1) is 12.4. The molecule has 2 rings (SSSR count). The van der Waals surface area contributed by atoms with Crippen LogP contribution in [0.5, 0.6) is 0 Å². The van der Waals surface area contributed by atoms with Gasteiger partial charge in [0.15, 0.2) is 0 Å². The standard InChI is InChI=1S/C15H21OSi/c1-15(2,3)17(4,5)16-14-10-12-8-6-7-9-13(12)11-14/h6-11H,1-5H3. The molecule has 0 fully saturated rings. The number of rotatable bonds is 2. The molecule has 1 aromatic carbocycles. The second kappa shape index (κ2) is 4.02. The maximum Gasteiger partial charge on any atom is 0.250 e. The lowest BCUT2D eigenvalue weighted by atomic mass is 10.1. The van der Waals surface area contributed by atoms with E-state index in [1.807, 2.05) is 0 Å². The number of hydrogen-bond donors (Lipinski definition) is 0. The highest BCUT2D eigenvalue weighted by atomic mass is 28.4. The summed E-state index contributed by atoms with van der Waals surface area (Å²) >= 11 is 0. The first-order valence-electron chi connectivity index (χ1n) is 6.14. The van der Waals surface area contributed by atoms with Crippen LogP contribution in [-0.2, 0) is 4.43 Å². The minimum Gasteiger partial charge on any atom is -0.546 e. The summed E-state index contributed by atoms with van der Waals surface area (Å²) in [5.74, 6) is 1.03. The zero-order valence-corrected chi connectivity index (χ0v) is 12.4. The molecule has 0 saturated heterocycles. The molecule has 2 heteroatoms. The highest BCUT2D eigenvalue weighted by molar-refractivity contribution is 6.74. The van der Waals surface area contributed by atoms with E-state index in [9.17, 15) is 0 Å². The van der Waals surface area contributed by atoms with Crippen LogP contribution in [0.3, 0.4) is 0 Å². The third kappa shape index (κ3) is 2.47. The Morgan fingerprint density at radius 1 is 1.00 bits per heavy atom. The van der Waals surface area contributed by atoms with Gasteiger partial charge in [-0.15, -0.1) is 0 Å². The molecule has 1 aliphatic rings. The van der Waals surface area contributed by atoms with Crippen molar-refractivity contribution in [3.8, 4) is 0 Å². The van der Waals surface area contributed by atoms with Gasteiger partial charge >= 0.3 is 0 Å². The summed E-state index contributed by atoms with van der Waals surface area (Å²) in [4.78, 5) is 0. The molecule has 0 atom stereocenters. The summed E-state index contributed by atoms with van der Waals surface area (Å²) in [6.45, 7) is 11.4. The fourth-order valence-electron chi connectivity index (χ4n) is 1.63. The van der Waals surface area contributed by atoms with E-state index >= 15 is 0 Å². The number of fused-ring (bicyclic) bond motifs is 1. The lowest BCUT2D eigenvalue weighted by Gasteiger charge is -2.36. The molecule has 0 aromatic heterocycles. The molecule has 0 aliphatic heterocycles. The summed E-state index contributed by atoms with van der Waals surface area (Å²) in [5.41, 5.74) is 2.53. The molecule has 1 aliphatic carbocycles. The van der Waals surface area contributed by atoms with Crippen molar-refractivity contribution in [2.24, 2.45) is 0 Å². The van der Waals surface area contributed by atoms with Crippen molar-refractivity contribution < 1.29 is 4.43 Å². The highest BCUT2D eigenvalue weighted by Crippen LogP contribution is 2.40. The van der Waals surface area contributed by atoms with Crippen molar-refractivity contribution in [1.29, 1.82) is 0 Å². The van der Waals surface area contributed by atoms with Gasteiger partial charge in [0, 0.05) is 0 Å². The minimum absolute atomic E-state index is 0.246. The predicted molar refractivity (Wildman–Crippen MR) is 76.1 cm³/mol. The summed E-state index contributed by atoms with van der Waals surface area (Å²) in [5, 5.41) is 0.246. The molecule has 0 bridgehead atoms. The van der Waals surface area contributed by atoms with Gasteiger partial charge in [-0.3, -0.25) is 0 Å². The second-order valence-electron chi connectivity index (χ2n) is 6.18. The second-order valence-corrected chi connectivity index (χ2v) is 10.9. The van der Waals surface area contributed by atoms with Crippen molar-refractivity contribution in [3.63, 3.8) is 0 Å². The van der Waals surface area contributed by atoms with Gasteiger partial charge in [-0.05, 0) is 35.3 Å². The van der Waals surface area contributed by atoms with Gasteiger partial charge in [0.25, 0.3) is 0 Å². The molecular weight excluding hydrogens is 224 g/mol. The topological polar surface area (TPSA) is 9.23 Å². The van der Waals surface area contributed by atoms with Crippen molar-refractivity contribution >= 4 is 14.4 Å². The molecule has 1 radical (unpaired) electrons. The van der Waals surface area contributed by atoms with Crippen LogP contribution in [0.2, 0.25) is 18.1 Å². The third-order valence-corrected chi connectivity index (χ3v) is 8.13. The first-order valence-corrected chi connectivity index (χ1v) is 9.05. The molecule has 0 N–H and O–H groups in total. The van der Waals surface area contributed by atoms with Crippen LogP contribution in [0.25, 0.3) is 6.08 Å². The average Bonchev–Trinajstić information content (AvgIpc) is 2.56. The van der Waals surface area contributed by atoms with Crippen molar-refractivity contribution in [1.82, 2.24) is 0 Å². The molecule has 1 aromatic rings. The van der Waals surface area contributed by atoms with E-state index in [0.29, 0.717) is 0 Å². The number of allylic oxidation sites excluding steroid dienone is 1. The minimum atomic E-state index is -1.71. The van der Waals surface area contributed by atoms with Crippen LogP contribution in [-0.4, -0.2) is 8.32 Å². The number of hydrogen-bond acceptors (Lipinski definition) is 1. The fraction of sp³-hybridized carbons (Fsp3) is 0.400. The Morgan fingerprint density at radius 2 is 1.59 bits per heavy atom. The van der Waals surface area contributed by atoms with E-state index in [0.717, 1.165) is 5.76 Å². The summed E-state index contributed by atoms with van der Waals surface area (Å²) < 4.78 is 6.29. The van der Waals surface area contributed by atoms with Crippen LogP contribution in [0.1, 0.15) is 31.9 Å².